The second kappa shape index (κ2) is 11.5. The maximum absolute atomic E-state index is 12.5. The van der Waals surface area contributed by atoms with Gasteiger partial charge in [0.25, 0.3) is 0 Å². The molecule has 0 saturated heterocycles. The quantitative estimate of drug-likeness (QED) is 0.475. The minimum Gasteiger partial charge on any atom is -0.388 e. The van der Waals surface area contributed by atoms with Crippen LogP contribution in [0.5, 0.6) is 0 Å². The second-order valence-electron chi connectivity index (χ2n) is 7.87. The minimum atomic E-state index is -0.411. The molecule has 2 heterocycles. The number of aryl methyl sites for hydroxylation is 1. The summed E-state index contributed by atoms with van der Waals surface area (Å²) < 4.78 is 5.90. The van der Waals surface area contributed by atoms with Gasteiger partial charge in [-0.1, -0.05) is 26.2 Å². The average Bonchev–Trinajstić information content (AvgIpc) is 3.46. The van der Waals surface area contributed by atoms with Crippen molar-refractivity contribution < 1.29 is 14.6 Å². The number of aliphatic hydroxyl groups is 1. The zero-order valence-electron chi connectivity index (χ0n) is 17.2. The van der Waals surface area contributed by atoms with E-state index < -0.39 is 6.10 Å². The number of thiophene rings is 1. The Balaban J connectivity index is 1.43. The summed E-state index contributed by atoms with van der Waals surface area (Å²) in [5.41, 5.74) is 0. The first kappa shape index (κ1) is 22.1. The predicted molar refractivity (Wildman–Crippen MR) is 112 cm³/mol. The van der Waals surface area contributed by atoms with E-state index in [4.69, 9.17) is 4.74 Å². The molecule has 7 nitrogen and oxygen atoms in total. The number of Topliss-reactive ketones (excluding diaryl/α,β-unsaturated/α-hetero) is 1. The Morgan fingerprint density at radius 3 is 3.00 bits per heavy atom. The zero-order chi connectivity index (χ0) is 20.5. The molecule has 29 heavy (non-hydrogen) atoms. The summed E-state index contributed by atoms with van der Waals surface area (Å²) in [6.07, 6.45) is 7.96. The number of carbonyl (C=O) groups is 1. The number of carbonyl (C=O) groups excluding carboxylic acids is 1. The Bertz CT molecular complexity index is 734. The van der Waals surface area contributed by atoms with Crippen LogP contribution in [-0.2, 0) is 16.0 Å². The number of hydrogen-bond acceptors (Lipinski definition) is 7. The summed E-state index contributed by atoms with van der Waals surface area (Å²) in [4.78, 5) is 14.6. The van der Waals surface area contributed by atoms with Gasteiger partial charge in [0.2, 0.25) is 0 Å². The first-order valence-corrected chi connectivity index (χ1v) is 11.6. The Hall–Kier alpha value is -1.64. The fourth-order valence-corrected chi connectivity index (χ4v) is 5.19. The van der Waals surface area contributed by atoms with Crippen molar-refractivity contribution >= 4 is 17.1 Å². The molecule has 0 spiro atoms. The van der Waals surface area contributed by atoms with Crippen LogP contribution < -0.4 is 0 Å². The fourth-order valence-electron chi connectivity index (χ4n) is 3.94. The minimum absolute atomic E-state index is 0.0724. The summed E-state index contributed by atoms with van der Waals surface area (Å²) in [5.74, 6) is 1.28. The van der Waals surface area contributed by atoms with Crippen molar-refractivity contribution in [2.75, 3.05) is 13.2 Å². The van der Waals surface area contributed by atoms with Crippen LogP contribution in [0.3, 0.4) is 0 Å². The number of nitrogens with zero attached hydrogens (tertiary/aromatic N) is 3. The largest absolute Gasteiger partial charge is 0.388 e. The van der Waals surface area contributed by atoms with Crippen LogP contribution in [0.2, 0.25) is 0 Å². The fraction of sp³-hybridized carbons (Fsp3) is 0.714. The van der Waals surface area contributed by atoms with Gasteiger partial charge in [-0.15, -0.1) is 16.4 Å². The van der Waals surface area contributed by atoms with E-state index >= 15 is 0 Å². The number of rotatable bonds is 13. The lowest BCUT2D eigenvalue weighted by atomic mass is 9.94. The molecule has 0 aromatic carbocycles. The van der Waals surface area contributed by atoms with Crippen LogP contribution >= 0.6 is 11.3 Å². The van der Waals surface area contributed by atoms with Crippen LogP contribution in [0, 0.1) is 5.92 Å². The van der Waals surface area contributed by atoms with E-state index in [0.717, 1.165) is 66.9 Å². The zero-order valence-corrected chi connectivity index (χ0v) is 18.0. The molecule has 0 bridgehead atoms. The van der Waals surface area contributed by atoms with E-state index in [1.807, 2.05) is 12.1 Å². The molecule has 160 valence electrons. The van der Waals surface area contributed by atoms with Gasteiger partial charge in [0.05, 0.1) is 18.6 Å². The lowest BCUT2D eigenvalue weighted by molar-refractivity contribution is -0.119. The van der Waals surface area contributed by atoms with E-state index in [1.54, 1.807) is 11.3 Å². The molecule has 1 saturated carbocycles. The van der Waals surface area contributed by atoms with Crippen molar-refractivity contribution in [1.29, 1.82) is 0 Å². The second-order valence-corrected chi connectivity index (χ2v) is 9.02. The van der Waals surface area contributed by atoms with E-state index in [2.05, 4.69) is 27.5 Å². The molecule has 3 unspecified atom stereocenters. The predicted octanol–water partition coefficient (Wildman–Crippen LogP) is 3.98. The highest BCUT2D eigenvalue weighted by molar-refractivity contribution is 7.12. The van der Waals surface area contributed by atoms with Gasteiger partial charge >= 0.3 is 0 Å². The van der Waals surface area contributed by atoms with Crippen molar-refractivity contribution in [2.45, 2.75) is 76.7 Å². The van der Waals surface area contributed by atoms with Crippen molar-refractivity contribution in [3.05, 3.63) is 27.7 Å². The molecule has 1 aliphatic carbocycles. The van der Waals surface area contributed by atoms with Crippen molar-refractivity contribution in [3.63, 3.8) is 0 Å². The van der Waals surface area contributed by atoms with Crippen molar-refractivity contribution in [2.24, 2.45) is 5.92 Å². The molecule has 3 atom stereocenters. The summed E-state index contributed by atoms with van der Waals surface area (Å²) in [7, 11) is 0. The third-order valence-corrected chi connectivity index (χ3v) is 6.89. The van der Waals surface area contributed by atoms with Crippen LogP contribution in [0.1, 0.15) is 85.9 Å². The number of aromatic amines is 1. The van der Waals surface area contributed by atoms with Gasteiger partial charge in [-0.25, -0.2) is 5.10 Å². The maximum atomic E-state index is 12.5. The third kappa shape index (κ3) is 6.42. The lowest BCUT2D eigenvalue weighted by Gasteiger charge is -2.17. The lowest BCUT2D eigenvalue weighted by Crippen LogP contribution is -2.17. The van der Waals surface area contributed by atoms with Crippen LogP contribution in [-0.4, -0.2) is 44.7 Å². The van der Waals surface area contributed by atoms with E-state index in [9.17, 15) is 9.90 Å². The number of ketones is 1. The van der Waals surface area contributed by atoms with E-state index in [1.165, 1.54) is 0 Å². The monoisotopic (exact) mass is 420 g/mol. The van der Waals surface area contributed by atoms with Crippen LogP contribution in [0.15, 0.2) is 12.1 Å². The summed E-state index contributed by atoms with van der Waals surface area (Å²) in [6, 6.07) is 4.04. The highest BCUT2D eigenvalue weighted by atomic mass is 32.1. The standard InChI is InChI=1S/C21H32N4O3S/c1-2-3-4-7-16(26)18-11-12-19(29-18)21-15(9-10-17(21)27)14-28-13-6-5-8-20-22-24-25-23-20/h11-12,15-16,21,26H,2-10,13-14H2,1H3,(H,22,23,24,25). The number of unbranched alkanes of at least 4 members (excludes halogenated alkanes) is 3. The number of nitrogens with one attached hydrogen (secondary N) is 1. The molecular formula is C21H32N4O3S. The Labute approximate surface area is 176 Å². The number of tetrazole rings is 1. The smallest absolute Gasteiger partial charge is 0.148 e. The molecule has 8 heteroatoms. The molecule has 1 fully saturated rings. The Kier molecular flexibility index (Phi) is 8.76. The molecule has 2 aromatic heterocycles. The van der Waals surface area contributed by atoms with Crippen LogP contribution in [0.25, 0.3) is 0 Å². The number of aliphatic hydroxyl groups excluding tert-OH is 1. The highest BCUT2D eigenvalue weighted by Gasteiger charge is 2.37. The molecule has 2 aromatic rings. The first-order valence-electron chi connectivity index (χ1n) is 10.8. The molecule has 0 aliphatic heterocycles. The number of hydrogen-bond donors (Lipinski definition) is 2. The summed E-state index contributed by atoms with van der Waals surface area (Å²) >= 11 is 1.60. The topological polar surface area (TPSA) is 101 Å². The van der Waals surface area contributed by atoms with Crippen molar-refractivity contribution in [1.82, 2.24) is 20.6 Å². The van der Waals surface area contributed by atoms with Gasteiger partial charge in [0, 0.05) is 29.2 Å². The van der Waals surface area contributed by atoms with Gasteiger partial charge in [0.1, 0.15) is 11.6 Å². The van der Waals surface area contributed by atoms with Gasteiger partial charge in [-0.3, -0.25) is 4.79 Å². The Morgan fingerprint density at radius 1 is 1.31 bits per heavy atom. The van der Waals surface area contributed by atoms with E-state index in [-0.39, 0.29) is 11.8 Å². The van der Waals surface area contributed by atoms with Gasteiger partial charge in [-0.05, 0) is 54.2 Å². The normalized spacial score (nSPS) is 20.4. The van der Waals surface area contributed by atoms with E-state index in [0.29, 0.717) is 25.4 Å². The molecule has 1 aliphatic rings. The van der Waals surface area contributed by atoms with Gasteiger partial charge in [0.15, 0.2) is 0 Å². The maximum Gasteiger partial charge on any atom is 0.148 e. The summed E-state index contributed by atoms with van der Waals surface area (Å²) in [5, 5.41) is 24.2. The average molecular weight is 421 g/mol. The highest BCUT2D eigenvalue weighted by Crippen LogP contribution is 2.41. The molecular weight excluding hydrogens is 388 g/mol. The van der Waals surface area contributed by atoms with Crippen molar-refractivity contribution in [3.8, 4) is 0 Å². The van der Waals surface area contributed by atoms with Gasteiger partial charge in [-0.2, -0.15) is 0 Å². The first-order chi connectivity index (χ1) is 14.2. The third-order valence-electron chi connectivity index (χ3n) is 5.62. The van der Waals surface area contributed by atoms with Crippen LogP contribution in [0.4, 0.5) is 0 Å². The number of ether oxygens (including phenoxy) is 1. The van der Waals surface area contributed by atoms with Gasteiger partial charge < -0.3 is 9.84 Å². The SMILES string of the molecule is CCCCCC(O)c1ccc(C2C(=O)CCC2COCCCCc2nnn[nH]2)s1. The number of H-pyrrole nitrogens is 1. The molecule has 2 N–H and O–H groups in total. The number of aromatic nitrogens is 4. The Morgan fingerprint density at radius 2 is 2.21 bits per heavy atom. The summed E-state index contributed by atoms with van der Waals surface area (Å²) in [6.45, 7) is 3.47. The molecule has 0 radical (unpaired) electrons. The molecule has 3 rings (SSSR count). The molecule has 0 amide bonds.